The summed E-state index contributed by atoms with van der Waals surface area (Å²) in [7, 11) is 0. The molecule has 0 radical (unpaired) electrons. The minimum absolute atomic E-state index is 0.105. The summed E-state index contributed by atoms with van der Waals surface area (Å²) in [5, 5.41) is 8.85. The Hall–Kier alpha value is -1.89. The minimum Gasteiger partial charge on any atom is -0.335 e. The molecule has 4 nitrogen and oxygen atoms in total. The van der Waals surface area contributed by atoms with Gasteiger partial charge in [0.25, 0.3) is 5.91 Å². The standard InChI is InChI=1S/C19H23N3O/c20-11-15-8-7-14(12-21-15)19(23)22-10-9-16(13-5-6-13)17-3-1-2-4-18(17)22/h7-8,12-13,16-18H,1-6,9-10H2. The highest BCUT2D eigenvalue weighted by Crippen LogP contribution is 2.49. The molecule has 120 valence electrons. The first-order chi connectivity index (χ1) is 11.3. The van der Waals surface area contributed by atoms with E-state index in [1.807, 2.05) is 6.07 Å². The fourth-order valence-corrected chi connectivity index (χ4v) is 4.81. The molecular formula is C19H23N3O. The van der Waals surface area contributed by atoms with Crippen LogP contribution in [0.3, 0.4) is 0 Å². The highest BCUT2D eigenvalue weighted by molar-refractivity contribution is 5.94. The van der Waals surface area contributed by atoms with E-state index in [9.17, 15) is 4.79 Å². The van der Waals surface area contributed by atoms with E-state index in [2.05, 4.69) is 9.88 Å². The summed E-state index contributed by atoms with van der Waals surface area (Å²) in [4.78, 5) is 19.1. The van der Waals surface area contributed by atoms with Gasteiger partial charge in [-0.3, -0.25) is 4.79 Å². The molecule has 0 N–H and O–H groups in total. The van der Waals surface area contributed by atoms with E-state index in [0.29, 0.717) is 23.2 Å². The van der Waals surface area contributed by atoms with Crippen LogP contribution in [0.1, 0.15) is 61.0 Å². The average Bonchev–Trinajstić information content (AvgIpc) is 3.45. The van der Waals surface area contributed by atoms with Crippen LogP contribution in [0.4, 0.5) is 0 Å². The molecule has 0 aromatic carbocycles. The lowest BCUT2D eigenvalue weighted by atomic mass is 9.70. The van der Waals surface area contributed by atoms with E-state index in [1.165, 1.54) is 38.5 Å². The molecule has 4 heteroatoms. The fourth-order valence-electron chi connectivity index (χ4n) is 4.81. The maximum Gasteiger partial charge on any atom is 0.255 e. The van der Waals surface area contributed by atoms with Gasteiger partial charge < -0.3 is 4.90 Å². The fraction of sp³-hybridized carbons (Fsp3) is 0.632. The number of hydrogen-bond donors (Lipinski definition) is 0. The summed E-state index contributed by atoms with van der Waals surface area (Å²) >= 11 is 0. The van der Waals surface area contributed by atoms with Crippen LogP contribution < -0.4 is 0 Å². The van der Waals surface area contributed by atoms with Crippen LogP contribution in [0, 0.1) is 29.1 Å². The first kappa shape index (κ1) is 14.7. The molecule has 2 saturated carbocycles. The third-order valence-corrected chi connectivity index (χ3v) is 6.05. The third-order valence-electron chi connectivity index (χ3n) is 6.05. The number of fused-ring (bicyclic) bond motifs is 1. The van der Waals surface area contributed by atoms with E-state index < -0.39 is 0 Å². The highest BCUT2D eigenvalue weighted by atomic mass is 16.2. The average molecular weight is 309 g/mol. The molecule has 1 aromatic rings. The number of nitrogens with zero attached hydrogens (tertiary/aromatic N) is 3. The number of aromatic nitrogens is 1. The number of hydrogen-bond acceptors (Lipinski definition) is 3. The molecule has 3 unspecified atom stereocenters. The summed E-state index contributed by atoms with van der Waals surface area (Å²) in [6.07, 6.45) is 10.6. The topological polar surface area (TPSA) is 57.0 Å². The molecule has 3 aliphatic rings. The van der Waals surface area contributed by atoms with Gasteiger partial charge in [0.2, 0.25) is 0 Å². The number of piperidine rings is 1. The zero-order valence-corrected chi connectivity index (χ0v) is 13.4. The molecular weight excluding hydrogens is 286 g/mol. The first-order valence-electron chi connectivity index (χ1n) is 8.95. The van der Waals surface area contributed by atoms with Gasteiger partial charge in [0.1, 0.15) is 11.8 Å². The molecule has 0 bridgehead atoms. The van der Waals surface area contributed by atoms with E-state index in [1.54, 1.807) is 18.3 Å². The monoisotopic (exact) mass is 309 g/mol. The molecule has 4 rings (SSSR count). The van der Waals surface area contributed by atoms with Crippen molar-refractivity contribution in [3.8, 4) is 6.07 Å². The van der Waals surface area contributed by atoms with Crippen LogP contribution in [0.5, 0.6) is 0 Å². The number of pyridine rings is 1. The Morgan fingerprint density at radius 3 is 2.65 bits per heavy atom. The van der Waals surface area contributed by atoms with Crippen LogP contribution in [0.15, 0.2) is 18.3 Å². The predicted molar refractivity (Wildman–Crippen MR) is 86.6 cm³/mol. The molecule has 1 amide bonds. The van der Waals surface area contributed by atoms with Crippen LogP contribution in [0.25, 0.3) is 0 Å². The van der Waals surface area contributed by atoms with Gasteiger partial charge in [-0.25, -0.2) is 4.98 Å². The van der Waals surface area contributed by atoms with Gasteiger partial charge in [0.15, 0.2) is 0 Å². The molecule has 1 saturated heterocycles. The normalized spacial score (nSPS) is 30.4. The maximum absolute atomic E-state index is 12.9. The van der Waals surface area contributed by atoms with Gasteiger partial charge in [-0.15, -0.1) is 0 Å². The number of rotatable bonds is 2. The Morgan fingerprint density at radius 2 is 1.96 bits per heavy atom. The Bertz CT molecular complexity index is 629. The summed E-state index contributed by atoms with van der Waals surface area (Å²) in [6.45, 7) is 0.890. The lowest BCUT2D eigenvalue weighted by Gasteiger charge is -2.48. The number of likely N-dealkylation sites (tertiary alicyclic amines) is 1. The zero-order valence-electron chi connectivity index (χ0n) is 13.4. The van der Waals surface area contributed by atoms with E-state index in [-0.39, 0.29) is 5.91 Å². The second kappa shape index (κ2) is 5.96. The van der Waals surface area contributed by atoms with Gasteiger partial charge >= 0.3 is 0 Å². The van der Waals surface area contributed by atoms with Crippen molar-refractivity contribution < 1.29 is 4.79 Å². The Kier molecular flexibility index (Phi) is 3.80. The Balaban J connectivity index is 1.55. The second-order valence-corrected chi connectivity index (χ2v) is 7.35. The van der Waals surface area contributed by atoms with Crippen molar-refractivity contribution in [1.82, 2.24) is 9.88 Å². The third kappa shape index (κ3) is 2.73. The summed E-state index contributed by atoms with van der Waals surface area (Å²) < 4.78 is 0. The van der Waals surface area contributed by atoms with Crippen LogP contribution in [-0.4, -0.2) is 28.4 Å². The summed E-state index contributed by atoms with van der Waals surface area (Å²) in [5.41, 5.74) is 0.989. The van der Waals surface area contributed by atoms with Crippen LogP contribution in [0.2, 0.25) is 0 Å². The lowest BCUT2D eigenvalue weighted by Crippen LogP contribution is -2.53. The van der Waals surface area contributed by atoms with Gasteiger partial charge in [0, 0.05) is 18.8 Å². The van der Waals surface area contributed by atoms with Crippen molar-refractivity contribution >= 4 is 5.91 Å². The summed E-state index contributed by atoms with van der Waals surface area (Å²) in [6, 6.07) is 5.82. The van der Waals surface area contributed by atoms with Gasteiger partial charge in [0.05, 0.1) is 5.56 Å². The first-order valence-corrected chi connectivity index (χ1v) is 8.95. The number of carbonyl (C=O) groups excluding carboxylic acids is 1. The lowest BCUT2D eigenvalue weighted by molar-refractivity contribution is 0.0125. The second-order valence-electron chi connectivity index (χ2n) is 7.35. The predicted octanol–water partition coefficient (Wildman–Crippen LogP) is 3.38. The molecule has 2 heterocycles. The summed E-state index contributed by atoms with van der Waals surface area (Å²) in [5.74, 6) is 2.60. The molecule has 1 aromatic heterocycles. The maximum atomic E-state index is 12.9. The molecule has 3 atom stereocenters. The SMILES string of the molecule is N#Cc1ccc(C(=O)N2CCC(C3CC3)C3CCCCC32)cn1. The van der Waals surface area contributed by atoms with Gasteiger partial charge in [-0.05, 0) is 62.0 Å². The van der Waals surface area contributed by atoms with E-state index >= 15 is 0 Å². The number of carbonyl (C=O) groups is 1. The van der Waals surface area contributed by atoms with Crippen molar-refractivity contribution in [1.29, 1.82) is 5.26 Å². The Labute approximate surface area is 137 Å². The Morgan fingerprint density at radius 1 is 1.13 bits per heavy atom. The smallest absolute Gasteiger partial charge is 0.255 e. The van der Waals surface area contributed by atoms with Crippen molar-refractivity contribution in [3.63, 3.8) is 0 Å². The van der Waals surface area contributed by atoms with Gasteiger partial charge in [-0.2, -0.15) is 5.26 Å². The molecule has 2 aliphatic carbocycles. The van der Waals surface area contributed by atoms with E-state index in [0.717, 1.165) is 24.8 Å². The van der Waals surface area contributed by atoms with Gasteiger partial charge in [-0.1, -0.05) is 12.8 Å². The minimum atomic E-state index is 0.105. The quantitative estimate of drug-likeness (QED) is 0.841. The molecule has 23 heavy (non-hydrogen) atoms. The number of nitriles is 1. The molecule has 1 aliphatic heterocycles. The van der Waals surface area contributed by atoms with Crippen molar-refractivity contribution in [3.05, 3.63) is 29.6 Å². The molecule has 3 fully saturated rings. The largest absolute Gasteiger partial charge is 0.335 e. The van der Waals surface area contributed by atoms with Crippen molar-refractivity contribution in [2.75, 3.05) is 6.54 Å². The van der Waals surface area contributed by atoms with Crippen LogP contribution in [-0.2, 0) is 0 Å². The zero-order chi connectivity index (χ0) is 15.8. The van der Waals surface area contributed by atoms with Crippen LogP contribution >= 0.6 is 0 Å². The highest BCUT2D eigenvalue weighted by Gasteiger charge is 2.46. The van der Waals surface area contributed by atoms with Crippen molar-refractivity contribution in [2.24, 2.45) is 17.8 Å². The number of amides is 1. The van der Waals surface area contributed by atoms with Crippen molar-refractivity contribution in [2.45, 2.75) is 51.0 Å². The molecule has 0 spiro atoms. The van der Waals surface area contributed by atoms with E-state index in [4.69, 9.17) is 5.26 Å².